The van der Waals surface area contributed by atoms with Gasteiger partial charge in [0.05, 0.1) is 22.4 Å². The van der Waals surface area contributed by atoms with Crippen molar-refractivity contribution in [3.8, 4) is 5.75 Å². The number of fused-ring (bicyclic) bond motifs is 1. The molecule has 0 aliphatic carbocycles. The van der Waals surface area contributed by atoms with Crippen LogP contribution in [0, 0.1) is 0 Å². The van der Waals surface area contributed by atoms with Gasteiger partial charge in [-0.1, -0.05) is 31.4 Å². The van der Waals surface area contributed by atoms with E-state index in [2.05, 4.69) is 10.6 Å². The molecular weight excluding hydrogens is 294 g/mol. The largest absolute Gasteiger partial charge is 0.482 e. The van der Waals surface area contributed by atoms with Gasteiger partial charge in [-0.15, -0.1) is 0 Å². The molecule has 1 atom stereocenters. The van der Waals surface area contributed by atoms with Gasteiger partial charge in [0, 0.05) is 6.07 Å². The summed E-state index contributed by atoms with van der Waals surface area (Å²) in [6.45, 7) is 1.98. The zero-order chi connectivity index (χ0) is 15.4. The van der Waals surface area contributed by atoms with Crippen molar-refractivity contribution in [1.82, 2.24) is 0 Å². The van der Waals surface area contributed by atoms with Gasteiger partial charge in [-0.2, -0.15) is 0 Å². The predicted octanol–water partition coefficient (Wildman–Crippen LogP) is 2.13. The zero-order valence-electron chi connectivity index (χ0n) is 11.7. The highest BCUT2D eigenvalue weighted by Gasteiger charge is 2.20. The minimum absolute atomic E-state index is 0.0575. The summed E-state index contributed by atoms with van der Waals surface area (Å²) in [7, 11) is 0. The fourth-order valence-electron chi connectivity index (χ4n) is 1.98. The summed E-state index contributed by atoms with van der Waals surface area (Å²) in [5.74, 6) is -0.0569. The number of anilines is 2. The van der Waals surface area contributed by atoms with Crippen LogP contribution in [0.2, 0.25) is 5.02 Å². The summed E-state index contributed by atoms with van der Waals surface area (Å²) in [5, 5.41) is 5.65. The molecule has 0 unspecified atom stereocenters. The van der Waals surface area contributed by atoms with Crippen molar-refractivity contribution in [3.63, 3.8) is 0 Å². The van der Waals surface area contributed by atoms with Crippen LogP contribution in [0.5, 0.6) is 5.75 Å². The number of unbranched alkanes of at least 4 members (excludes halogenated alkanes) is 1. The van der Waals surface area contributed by atoms with Crippen LogP contribution in [0.4, 0.5) is 11.4 Å². The Morgan fingerprint density at radius 3 is 3.05 bits per heavy atom. The van der Waals surface area contributed by atoms with E-state index in [1.807, 2.05) is 6.92 Å². The van der Waals surface area contributed by atoms with Crippen molar-refractivity contribution in [3.05, 3.63) is 17.2 Å². The Hall–Kier alpha value is -1.79. The van der Waals surface area contributed by atoms with Crippen LogP contribution in [0.1, 0.15) is 26.2 Å². The molecule has 6 nitrogen and oxygen atoms in total. The smallest absolute Gasteiger partial charge is 0.262 e. The standard InChI is InChI=1S/C14H18ClN3O3/c1-2-3-4-9(16)14(20)18-10-6-12-11(5-8(10)15)17-13(19)7-21-12/h5-6,9H,2-4,7,16H2,1H3,(H,17,19)(H,18,20)/t9-/m0/s1. The molecule has 0 saturated carbocycles. The number of amides is 2. The third kappa shape index (κ3) is 3.86. The SMILES string of the molecule is CCCC[C@H](N)C(=O)Nc1cc2c(cc1Cl)NC(=O)CO2. The van der Waals surface area contributed by atoms with Crippen molar-refractivity contribution in [2.24, 2.45) is 5.73 Å². The number of carbonyl (C=O) groups is 2. The fraction of sp³-hybridized carbons (Fsp3) is 0.429. The monoisotopic (exact) mass is 311 g/mol. The van der Waals surface area contributed by atoms with E-state index in [1.54, 1.807) is 12.1 Å². The van der Waals surface area contributed by atoms with E-state index in [1.165, 1.54) is 0 Å². The molecule has 1 aromatic carbocycles. The molecule has 2 rings (SSSR count). The topological polar surface area (TPSA) is 93.5 Å². The lowest BCUT2D eigenvalue weighted by Gasteiger charge is -2.20. The van der Waals surface area contributed by atoms with Crippen molar-refractivity contribution in [1.29, 1.82) is 0 Å². The predicted molar refractivity (Wildman–Crippen MR) is 81.7 cm³/mol. The average molecular weight is 312 g/mol. The second-order valence-electron chi connectivity index (χ2n) is 4.90. The van der Waals surface area contributed by atoms with E-state index in [9.17, 15) is 9.59 Å². The summed E-state index contributed by atoms with van der Waals surface area (Å²) in [5.41, 5.74) is 6.72. The second kappa shape index (κ2) is 6.78. The summed E-state index contributed by atoms with van der Waals surface area (Å²) in [4.78, 5) is 23.2. The minimum Gasteiger partial charge on any atom is -0.482 e. The molecule has 0 aromatic heterocycles. The van der Waals surface area contributed by atoms with Crippen molar-refractivity contribution < 1.29 is 14.3 Å². The molecule has 4 N–H and O–H groups in total. The first-order chi connectivity index (χ1) is 10.0. The van der Waals surface area contributed by atoms with Crippen LogP contribution in [0.25, 0.3) is 0 Å². The minimum atomic E-state index is -0.572. The van der Waals surface area contributed by atoms with Gasteiger partial charge in [0.25, 0.3) is 5.91 Å². The molecule has 2 amide bonds. The molecule has 1 heterocycles. The van der Waals surface area contributed by atoms with E-state index >= 15 is 0 Å². The zero-order valence-corrected chi connectivity index (χ0v) is 12.5. The summed E-state index contributed by atoms with van der Waals surface area (Å²) in [6.07, 6.45) is 2.49. The van der Waals surface area contributed by atoms with Gasteiger partial charge in [-0.25, -0.2) is 0 Å². The van der Waals surface area contributed by atoms with E-state index in [4.69, 9.17) is 22.1 Å². The van der Waals surface area contributed by atoms with Crippen LogP contribution in [0.3, 0.4) is 0 Å². The highest BCUT2D eigenvalue weighted by molar-refractivity contribution is 6.34. The Morgan fingerprint density at radius 1 is 1.57 bits per heavy atom. The van der Waals surface area contributed by atoms with Gasteiger partial charge in [0.15, 0.2) is 6.61 Å². The van der Waals surface area contributed by atoms with E-state index < -0.39 is 6.04 Å². The molecule has 0 spiro atoms. The maximum absolute atomic E-state index is 12.0. The number of hydrogen-bond donors (Lipinski definition) is 3. The first-order valence-electron chi connectivity index (χ1n) is 6.84. The summed E-state index contributed by atoms with van der Waals surface area (Å²) >= 11 is 6.10. The van der Waals surface area contributed by atoms with Gasteiger partial charge in [-0.05, 0) is 12.5 Å². The van der Waals surface area contributed by atoms with Gasteiger partial charge in [-0.3, -0.25) is 9.59 Å². The molecule has 0 bridgehead atoms. The third-order valence-electron chi connectivity index (χ3n) is 3.17. The van der Waals surface area contributed by atoms with Crippen LogP contribution in [-0.2, 0) is 9.59 Å². The third-order valence-corrected chi connectivity index (χ3v) is 3.48. The molecule has 0 radical (unpaired) electrons. The van der Waals surface area contributed by atoms with Gasteiger partial charge in [0.2, 0.25) is 5.91 Å². The lowest BCUT2D eigenvalue weighted by atomic mass is 10.1. The Bertz CT molecular complexity index is 563. The number of nitrogens with two attached hydrogens (primary N) is 1. The lowest BCUT2D eigenvalue weighted by molar-refractivity contribution is -0.119. The first kappa shape index (κ1) is 15.6. The number of rotatable bonds is 5. The maximum atomic E-state index is 12.0. The molecule has 21 heavy (non-hydrogen) atoms. The quantitative estimate of drug-likeness (QED) is 0.776. The molecular formula is C14H18ClN3O3. The lowest BCUT2D eigenvalue weighted by Crippen LogP contribution is -2.35. The van der Waals surface area contributed by atoms with Crippen LogP contribution in [-0.4, -0.2) is 24.5 Å². The van der Waals surface area contributed by atoms with E-state index in [0.717, 1.165) is 12.8 Å². The second-order valence-corrected chi connectivity index (χ2v) is 5.31. The molecule has 7 heteroatoms. The Kier molecular flexibility index (Phi) is 5.03. The van der Waals surface area contributed by atoms with Crippen molar-refractivity contribution in [2.45, 2.75) is 32.2 Å². The maximum Gasteiger partial charge on any atom is 0.262 e. The first-order valence-corrected chi connectivity index (χ1v) is 7.21. The molecule has 1 aromatic rings. The number of nitrogens with one attached hydrogen (secondary N) is 2. The molecule has 0 fully saturated rings. The van der Waals surface area contributed by atoms with Crippen molar-refractivity contribution in [2.75, 3.05) is 17.2 Å². The van der Waals surface area contributed by atoms with Crippen LogP contribution < -0.4 is 21.1 Å². The highest BCUT2D eigenvalue weighted by Crippen LogP contribution is 2.36. The number of halogens is 1. The van der Waals surface area contributed by atoms with E-state index in [0.29, 0.717) is 28.6 Å². The summed E-state index contributed by atoms with van der Waals surface area (Å²) < 4.78 is 5.29. The molecule has 0 saturated heterocycles. The number of benzene rings is 1. The van der Waals surface area contributed by atoms with Gasteiger partial charge in [0.1, 0.15) is 5.75 Å². The Morgan fingerprint density at radius 2 is 2.33 bits per heavy atom. The number of ether oxygens (including phenoxy) is 1. The molecule has 1 aliphatic heterocycles. The highest BCUT2D eigenvalue weighted by atomic mass is 35.5. The molecule has 1 aliphatic rings. The Balaban J connectivity index is 2.10. The Labute approximate surface area is 128 Å². The van der Waals surface area contributed by atoms with Crippen LogP contribution in [0.15, 0.2) is 12.1 Å². The summed E-state index contributed by atoms with van der Waals surface area (Å²) in [6, 6.07) is 2.56. The van der Waals surface area contributed by atoms with Crippen molar-refractivity contribution >= 4 is 34.8 Å². The van der Waals surface area contributed by atoms with E-state index in [-0.39, 0.29) is 18.4 Å². The van der Waals surface area contributed by atoms with Gasteiger partial charge < -0.3 is 21.1 Å². The normalized spacial score (nSPS) is 14.7. The average Bonchev–Trinajstić information content (AvgIpc) is 2.45. The number of carbonyl (C=O) groups excluding carboxylic acids is 2. The molecule has 114 valence electrons. The van der Waals surface area contributed by atoms with Crippen LogP contribution >= 0.6 is 11.6 Å². The van der Waals surface area contributed by atoms with Gasteiger partial charge >= 0.3 is 0 Å². The fourth-order valence-corrected chi connectivity index (χ4v) is 2.19. The number of hydrogen-bond acceptors (Lipinski definition) is 4.